The summed E-state index contributed by atoms with van der Waals surface area (Å²) in [4.78, 5) is 39.0. The fourth-order valence-electron chi connectivity index (χ4n) is 2.99. The summed E-state index contributed by atoms with van der Waals surface area (Å²) < 4.78 is 1.54. The molecule has 2 heterocycles. The summed E-state index contributed by atoms with van der Waals surface area (Å²) in [5.41, 5.74) is 6.22. The minimum Gasteiger partial charge on any atom is -0.354 e. The molecule has 0 bridgehead atoms. The summed E-state index contributed by atoms with van der Waals surface area (Å²) in [5.74, 6) is -0.147. The Labute approximate surface area is 158 Å². The number of carbonyl (C=O) groups is 2. The van der Waals surface area contributed by atoms with Crippen LogP contribution in [-0.2, 0) is 16.1 Å². The number of likely N-dealkylation sites (tertiary alicyclic amines) is 1. The van der Waals surface area contributed by atoms with E-state index in [1.165, 1.54) is 11.3 Å². The fraction of sp³-hybridized carbons (Fsp3) is 0.688. The molecule has 0 spiro atoms. The largest absolute Gasteiger partial charge is 0.354 e. The van der Waals surface area contributed by atoms with Crippen molar-refractivity contribution in [2.75, 3.05) is 19.6 Å². The van der Waals surface area contributed by atoms with Crippen LogP contribution in [0.1, 0.15) is 36.3 Å². The maximum absolute atomic E-state index is 12.7. The van der Waals surface area contributed by atoms with Crippen molar-refractivity contribution in [3.05, 3.63) is 20.2 Å². The zero-order valence-corrected chi connectivity index (χ0v) is 16.4. The number of nitrogens with two attached hydrogens (primary N) is 1. The van der Waals surface area contributed by atoms with Crippen LogP contribution in [0, 0.1) is 13.8 Å². The van der Waals surface area contributed by atoms with Crippen LogP contribution in [0.5, 0.6) is 0 Å². The number of aromatic nitrogens is 1. The number of nitrogens with one attached hydrogen (secondary N) is 1. The highest BCUT2D eigenvalue weighted by Gasteiger charge is 2.27. The first-order valence-electron chi connectivity index (χ1n) is 8.37. The summed E-state index contributed by atoms with van der Waals surface area (Å²) in [6, 6.07) is -0.0104. The molecule has 1 aromatic rings. The Morgan fingerprint density at radius 1 is 1.32 bits per heavy atom. The van der Waals surface area contributed by atoms with Gasteiger partial charge < -0.3 is 16.0 Å². The topological polar surface area (TPSA) is 97.4 Å². The Bertz CT molecular complexity index is 658. The van der Waals surface area contributed by atoms with Crippen LogP contribution in [0.2, 0.25) is 0 Å². The monoisotopic (exact) mass is 390 g/mol. The summed E-state index contributed by atoms with van der Waals surface area (Å²) in [5, 5.41) is 2.85. The Kier molecular flexibility index (Phi) is 8.61. The van der Waals surface area contributed by atoms with E-state index < -0.39 is 0 Å². The van der Waals surface area contributed by atoms with Crippen molar-refractivity contribution in [2.24, 2.45) is 5.73 Å². The highest BCUT2D eigenvalue weighted by molar-refractivity contribution is 7.09. The maximum atomic E-state index is 12.7. The third-order valence-corrected chi connectivity index (χ3v) is 5.52. The van der Waals surface area contributed by atoms with Crippen LogP contribution in [0.4, 0.5) is 0 Å². The second kappa shape index (κ2) is 9.94. The number of halogens is 1. The summed E-state index contributed by atoms with van der Waals surface area (Å²) >= 11 is 1.17. The average Bonchev–Trinajstić information content (AvgIpc) is 2.79. The first kappa shape index (κ1) is 21.7. The third-order valence-electron chi connectivity index (χ3n) is 4.52. The molecular formula is C16H27ClN4O3S. The second-order valence-corrected chi connectivity index (χ2v) is 7.34. The highest BCUT2D eigenvalue weighted by Crippen LogP contribution is 2.18. The predicted octanol–water partition coefficient (Wildman–Crippen LogP) is 0.795. The van der Waals surface area contributed by atoms with E-state index in [1.807, 2.05) is 18.7 Å². The van der Waals surface area contributed by atoms with Gasteiger partial charge in [0.1, 0.15) is 6.54 Å². The zero-order valence-electron chi connectivity index (χ0n) is 14.7. The minimum atomic E-state index is -0.0943. The summed E-state index contributed by atoms with van der Waals surface area (Å²) in [6.45, 7) is 5.26. The molecule has 142 valence electrons. The van der Waals surface area contributed by atoms with Gasteiger partial charge in [0, 0.05) is 42.7 Å². The molecule has 25 heavy (non-hydrogen) atoms. The average molecular weight is 391 g/mol. The number of aryl methyl sites for hydroxylation is 1. The zero-order chi connectivity index (χ0) is 17.7. The van der Waals surface area contributed by atoms with Crippen LogP contribution in [0.25, 0.3) is 0 Å². The third kappa shape index (κ3) is 5.55. The number of hydrogen-bond donors (Lipinski definition) is 2. The lowest BCUT2D eigenvalue weighted by atomic mass is 10.0. The van der Waals surface area contributed by atoms with E-state index in [-0.39, 0.29) is 41.7 Å². The van der Waals surface area contributed by atoms with E-state index in [0.29, 0.717) is 26.1 Å². The minimum absolute atomic E-state index is 0. The Morgan fingerprint density at radius 3 is 2.64 bits per heavy atom. The van der Waals surface area contributed by atoms with Gasteiger partial charge in [-0.3, -0.25) is 19.0 Å². The molecular weight excluding hydrogens is 364 g/mol. The van der Waals surface area contributed by atoms with Crippen molar-refractivity contribution in [2.45, 2.75) is 52.1 Å². The summed E-state index contributed by atoms with van der Waals surface area (Å²) in [7, 11) is 0. The molecule has 7 nitrogen and oxygen atoms in total. The predicted molar refractivity (Wildman–Crippen MR) is 101 cm³/mol. The normalized spacial score (nSPS) is 17.1. The number of nitrogens with zero attached hydrogens (tertiary/aromatic N) is 2. The van der Waals surface area contributed by atoms with Gasteiger partial charge in [0.2, 0.25) is 11.8 Å². The van der Waals surface area contributed by atoms with Crippen LogP contribution < -0.4 is 15.9 Å². The van der Waals surface area contributed by atoms with Crippen LogP contribution in [0.3, 0.4) is 0 Å². The van der Waals surface area contributed by atoms with Gasteiger partial charge in [0.25, 0.3) is 0 Å². The lowest BCUT2D eigenvalue weighted by Gasteiger charge is -2.36. The number of thiazole rings is 1. The van der Waals surface area contributed by atoms with E-state index in [4.69, 9.17) is 5.73 Å². The van der Waals surface area contributed by atoms with Crippen LogP contribution in [-0.4, -0.2) is 47.0 Å². The van der Waals surface area contributed by atoms with Crippen molar-refractivity contribution in [3.8, 4) is 0 Å². The Hall–Kier alpha value is -1.38. The van der Waals surface area contributed by atoms with Crippen molar-refractivity contribution in [1.29, 1.82) is 0 Å². The highest BCUT2D eigenvalue weighted by atomic mass is 35.5. The van der Waals surface area contributed by atoms with Gasteiger partial charge in [-0.25, -0.2) is 0 Å². The molecule has 2 rings (SSSR count). The molecule has 1 aromatic heterocycles. The maximum Gasteiger partial charge on any atom is 0.308 e. The number of rotatable bonds is 6. The molecule has 3 N–H and O–H groups in total. The molecule has 1 saturated heterocycles. The van der Waals surface area contributed by atoms with Gasteiger partial charge in [-0.15, -0.1) is 12.4 Å². The van der Waals surface area contributed by atoms with E-state index in [0.717, 1.165) is 29.8 Å². The number of carbonyl (C=O) groups excluding carboxylic acids is 2. The van der Waals surface area contributed by atoms with Gasteiger partial charge in [0.05, 0.1) is 0 Å². The van der Waals surface area contributed by atoms with Crippen molar-refractivity contribution < 1.29 is 9.59 Å². The quantitative estimate of drug-likeness (QED) is 0.750. The van der Waals surface area contributed by atoms with Gasteiger partial charge in [-0.1, -0.05) is 11.3 Å². The fourth-order valence-corrected chi connectivity index (χ4v) is 3.82. The molecule has 0 saturated carbocycles. The molecule has 0 aromatic carbocycles. The van der Waals surface area contributed by atoms with Crippen LogP contribution in [0.15, 0.2) is 4.79 Å². The molecule has 1 unspecified atom stereocenters. The van der Waals surface area contributed by atoms with Crippen LogP contribution >= 0.6 is 23.7 Å². The molecule has 1 fully saturated rings. The van der Waals surface area contributed by atoms with Gasteiger partial charge >= 0.3 is 4.87 Å². The standard InChI is InChI=1S/C16H26N4O3S.ClH/c1-11-12(2)24-16(23)20(11)10-15(22)19-8-4-3-5-13(19)9-18-14(21)6-7-17;/h13H,3-10,17H2,1-2H3,(H,18,21);1H. The molecule has 0 aliphatic carbocycles. The Morgan fingerprint density at radius 2 is 2.04 bits per heavy atom. The van der Waals surface area contributed by atoms with Gasteiger partial charge in [-0.2, -0.15) is 0 Å². The Balaban J connectivity index is 0.00000312. The molecule has 1 aliphatic heterocycles. The van der Waals surface area contributed by atoms with Gasteiger partial charge in [-0.05, 0) is 33.1 Å². The first-order chi connectivity index (χ1) is 11.4. The number of amides is 2. The number of piperidine rings is 1. The molecule has 1 aliphatic rings. The lowest BCUT2D eigenvalue weighted by Crippen LogP contribution is -2.50. The van der Waals surface area contributed by atoms with E-state index >= 15 is 0 Å². The molecule has 9 heteroatoms. The van der Waals surface area contributed by atoms with Crippen molar-refractivity contribution in [3.63, 3.8) is 0 Å². The van der Waals surface area contributed by atoms with E-state index in [2.05, 4.69) is 5.32 Å². The van der Waals surface area contributed by atoms with Crippen molar-refractivity contribution in [1.82, 2.24) is 14.8 Å². The summed E-state index contributed by atoms with van der Waals surface area (Å²) in [6.07, 6.45) is 3.15. The first-order valence-corrected chi connectivity index (χ1v) is 9.18. The van der Waals surface area contributed by atoms with Gasteiger partial charge in [0.15, 0.2) is 0 Å². The number of hydrogen-bond acceptors (Lipinski definition) is 5. The lowest BCUT2D eigenvalue weighted by molar-refractivity contribution is -0.136. The molecule has 2 amide bonds. The van der Waals surface area contributed by atoms with E-state index in [9.17, 15) is 14.4 Å². The van der Waals surface area contributed by atoms with Crippen molar-refractivity contribution >= 4 is 35.6 Å². The molecule has 0 radical (unpaired) electrons. The SMILES string of the molecule is Cc1sc(=O)n(CC(=O)N2CCCCC2CNC(=O)CCN)c1C.Cl. The van der Waals surface area contributed by atoms with E-state index in [1.54, 1.807) is 4.57 Å². The second-order valence-electron chi connectivity index (χ2n) is 6.18. The smallest absolute Gasteiger partial charge is 0.308 e. The molecule has 1 atom stereocenters.